The first-order valence-corrected chi connectivity index (χ1v) is 10.3. The first-order valence-electron chi connectivity index (χ1n) is 9.93. The largest absolute Gasteiger partial charge is 0.380 e. The molecule has 1 amide bonds. The van der Waals surface area contributed by atoms with Crippen molar-refractivity contribution in [1.82, 2.24) is 4.90 Å². The normalized spacial score (nSPS) is 24.9. The number of aryl methyl sites for hydroxylation is 1. The van der Waals surface area contributed by atoms with Gasteiger partial charge in [-0.15, -0.1) is 0 Å². The van der Waals surface area contributed by atoms with Crippen LogP contribution in [-0.2, 0) is 11.2 Å². The summed E-state index contributed by atoms with van der Waals surface area (Å²) in [4.78, 5) is 14.8. The summed E-state index contributed by atoms with van der Waals surface area (Å²) >= 11 is 5.89. The minimum Gasteiger partial charge on any atom is -0.380 e. The highest BCUT2D eigenvalue weighted by Gasteiger charge is 2.41. The Morgan fingerprint density at radius 3 is 2.69 bits per heavy atom. The van der Waals surface area contributed by atoms with E-state index in [9.17, 15) is 14.3 Å². The number of likely N-dealkylation sites (tertiary alicyclic amines) is 1. The molecule has 3 nitrogen and oxygen atoms in total. The summed E-state index contributed by atoms with van der Waals surface area (Å²) in [6.45, 7) is 1.55. The van der Waals surface area contributed by atoms with Gasteiger partial charge in [0.1, 0.15) is 11.4 Å². The van der Waals surface area contributed by atoms with E-state index in [4.69, 9.17) is 11.6 Å². The van der Waals surface area contributed by atoms with Crippen molar-refractivity contribution < 1.29 is 14.3 Å². The van der Waals surface area contributed by atoms with Crippen LogP contribution >= 0.6 is 11.6 Å². The monoisotopic (exact) mass is 381 g/mol. The van der Waals surface area contributed by atoms with Crippen molar-refractivity contribution in [2.24, 2.45) is 5.92 Å². The van der Waals surface area contributed by atoms with Crippen LogP contribution in [0.3, 0.4) is 0 Å². The molecule has 1 N–H and O–H groups in total. The lowest BCUT2D eigenvalue weighted by atomic mass is 9.84. The number of carbonyl (C=O) groups excluding carboxylic acids is 1. The predicted octanol–water partition coefficient (Wildman–Crippen LogP) is 4.74. The Hall–Kier alpha value is -1.13. The molecule has 1 saturated heterocycles. The maximum atomic E-state index is 13.4. The van der Waals surface area contributed by atoms with Crippen LogP contribution in [0.2, 0.25) is 5.02 Å². The van der Waals surface area contributed by atoms with Gasteiger partial charge >= 0.3 is 0 Å². The zero-order chi connectivity index (χ0) is 18.6. The number of hydrogen-bond donors (Lipinski definition) is 1. The molecule has 2 fully saturated rings. The highest BCUT2D eigenvalue weighted by Crippen LogP contribution is 2.31. The Bertz CT molecular complexity index is 612. The Kier molecular flexibility index (Phi) is 6.57. The topological polar surface area (TPSA) is 40.5 Å². The second-order valence-corrected chi connectivity index (χ2v) is 8.46. The first kappa shape index (κ1) is 19.6. The van der Waals surface area contributed by atoms with Crippen molar-refractivity contribution in [3.8, 4) is 0 Å². The number of amides is 1. The van der Waals surface area contributed by atoms with Crippen LogP contribution in [0.4, 0.5) is 4.39 Å². The Morgan fingerprint density at radius 1 is 1.19 bits per heavy atom. The van der Waals surface area contributed by atoms with Crippen molar-refractivity contribution in [3.05, 3.63) is 34.6 Å². The van der Waals surface area contributed by atoms with Crippen LogP contribution in [-0.4, -0.2) is 34.6 Å². The van der Waals surface area contributed by atoms with Gasteiger partial charge in [-0.3, -0.25) is 4.79 Å². The second-order valence-electron chi connectivity index (χ2n) is 8.02. The van der Waals surface area contributed by atoms with Crippen molar-refractivity contribution >= 4 is 17.5 Å². The fraction of sp³-hybridized carbons (Fsp3) is 0.667. The summed E-state index contributed by atoms with van der Waals surface area (Å²) in [6.07, 6.45) is 9.25. The van der Waals surface area contributed by atoms with Gasteiger partial charge in [0.05, 0.1) is 0 Å². The zero-order valence-electron chi connectivity index (χ0n) is 15.4. The van der Waals surface area contributed by atoms with Gasteiger partial charge in [-0.2, -0.15) is 0 Å². The van der Waals surface area contributed by atoms with Gasteiger partial charge in [-0.1, -0.05) is 30.9 Å². The molecule has 1 aliphatic heterocycles. The molecule has 1 aliphatic carbocycles. The molecule has 0 bridgehead atoms. The summed E-state index contributed by atoms with van der Waals surface area (Å²) in [5.74, 6) is 0.134. The molecular formula is C21H29ClFNO2. The summed E-state index contributed by atoms with van der Waals surface area (Å²) in [6, 6.07) is 4.49. The number of aliphatic hydroxyl groups is 1. The van der Waals surface area contributed by atoms with Crippen molar-refractivity contribution in [2.45, 2.75) is 69.8 Å². The Balaban J connectivity index is 1.54. The molecule has 3 rings (SSSR count). The lowest BCUT2D eigenvalue weighted by Crippen LogP contribution is -2.54. The third-order valence-corrected chi connectivity index (χ3v) is 6.10. The SMILES string of the molecule is O=C1N(CC2CCCCC2)CCCC1(O)CCCc1cc(F)cc(Cl)c1. The minimum absolute atomic E-state index is 0.105. The third-order valence-electron chi connectivity index (χ3n) is 5.89. The fourth-order valence-electron chi connectivity index (χ4n) is 4.49. The molecule has 2 aliphatic rings. The molecule has 1 saturated carbocycles. The van der Waals surface area contributed by atoms with Gasteiger partial charge in [-0.25, -0.2) is 4.39 Å². The van der Waals surface area contributed by atoms with Crippen molar-refractivity contribution in [1.29, 1.82) is 0 Å². The van der Waals surface area contributed by atoms with Gasteiger partial charge in [0.15, 0.2) is 0 Å². The molecular weight excluding hydrogens is 353 g/mol. The van der Waals surface area contributed by atoms with Crippen LogP contribution in [0.1, 0.15) is 63.4 Å². The van der Waals surface area contributed by atoms with Gasteiger partial charge < -0.3 is 10.0 Å². The quantitative estimate of drug-likeness (QED) is 0.773. The highest BCUT2D eigenvalue weighted by molar-refractivity contribution is 6.30. The molecule has 144 valence electrons. The lowest BCUT2D eigenvalue weighted by molar-refractivity contribution is -0.159. The van der Waals surface area contributed by atoms with E-state index in [1.54, 1.807) is 6.07 Å². The number of carbonyl (C=O) groups is 1. The molecule has 1 aromatic rings. The summed E-state index contributed by atoms with van der Waals surface area (Å²) in [5, 5.41) is 11.3. The van der Waals surface area contributed by atoms with Gasteiger partial charge in [0.2, 0.25) is 0 Å². The van der Waals surface area contributed by atoms with Crippen LogP contribution in [0, 0.1) is 11.7 Å². The Labute approximate surface area is 160 Å². The molecule has 1 heterocycles. The van der Waals surface area contributed by atoms with E-state index in [0.29, 0.717) is 36.6 Å². The minimum atomic E-state index is -1.26. The van der Waals surface area contributed by atoms with Gasteiger partial charge in [0.25, 0.3) is 5.91 Å². The summed E-state index contributed by atoms with van der Waals surface area (Å²) in [7, 11) is 0. The average molecular weight is 382 g/mol. The van der Waals surface area contributed by atoms with E-state index in [0.717, 1.165) is 25.1 Å². The average Bonchev–Trinajstić information content (AvgIpc) is 2.59. The maximum Gasteiger partial charge on any atom is 0.254 e. The van der Waals surface area contributed by atoms with Crippen LogP contribution in [0.15, 0.2) is 18.2 Å². The predicted molar refractivity (Wildman–Crippen MR) is 102 cm³/mol. The second kappa shape index (κ2) is 8.71. The summed E-state index contributed by atoms with van der Waals surface area (Å²) in [5.41, 5.74) is -0.453. The Morgan fingerprint density at radius 2 is 1.96 bits per heavy atom. The molecule has 1 unspecified atom stereocenters. The zero-order valence-corrected chi connectivity index (χ0v) is 16.1. The van der Waals surface area contributed by atoms with E-state index in [-0.39, 0.29) is 11.7 Å². The maximum absolute atomic E-state index is 13.4. The molecule has 0 aromatic heterocycles. The number of piperidine rings is 1. The van der Waals surface area contributed by atoms with Crippen molar-refractivity contribution in [3.63, 3.8) is 0 Å². The first-order chi connectivity index (χ1) is 12.5. The molecule has 0 radical (unpaired) electrons. The molecule has 5 heteroatoms. The van der Waals surface area contributed by atoms with Crippen molar-refractivity contribution in [2.75, 3.05) is 13.1 Å². The molecule has 1 aromatic carbocycles. The smallest absolute Gasteiger partial charge is 0.254 e. The lowest BCUT2D eigenvalue weighted by Gasteiger charge is -2.40. The number of hydrogen-bond acceptors (Lipinski definition) is 2. The summed E-state index contributed by atoms with van der Waals surface area (Å²) < 4.78 is 13.4. The standard InChI is InChI=1S/C21H29ClFNO2/c22-18-12-17(13-19(23)14-18)8-4-9-21(26)10-5-11-24(20(21)25)15-16-6-2-1-3-7-16/h12-14,16,26H,1-11,15H2. The van der Waals surface area contributed by atoms with Crippen LogP contribution in [0.5, 0.6) is 0 Å². The van der Waals surface area contributed by atoms with E-state index in [1.807, 2.05) is 4.90 Å². The van der Waals surface area contributed by atoms with E-state index < -0.39 is 5.60 Å². The van der Waals surface area contributed by atoms with Gasteiger partial charge in [0, 0.05) is 18.1 Å². The van der Waals surface area contributed by atoms with Crippen LogP contribution < -0.4 is 0 Å². The third kappa shape index (κ3) is 4.98. The molecule has 1 atom stereocenters. The number of benzene rings is 1. The highest BCUT2D eigenvalue weighted by atomic mass is 35.5. The molecule has 0 spiro atoms. The van der Waals surface area contributed by atoms with Crippen LogP contribution in [0.25, 0.3) is 0 Å². The van der Waals surface area contributed by atoms with E-state index >= 15 is 0 Å². The van der Waals surface area contributed by atoms with Gasteiger partial charge in [-0.05, 0) is 74.6 Å². The number of nitrogens with zero attached hydrogens (tertiary/aromatic N) is 1. The fourth-order valence-corrected chi connectivity index (χ4v) is 4.74. The van der Waals surface area contributed by atoms with E-state index in [2.05, 4.69) is 0 Å². The number of rotatable bonds is 6. The van der Waals surface area contributed by atoms with E-state index in [1.165, 1.54) is 44.2 Å². The molecule has 26 heavy (non-hydrogen) atoms. The number of halogens is 2.